The first-order valence-electron chi connectivity index (χ1n) is 38.4. The summed E-state index contributed by atoms with van der Waals surface area (Å²) < 4.78 is 5.50. The highest BCUT2D eigenvalue weighted by atomic mass is 16.5. The number of allylic oxidation sites excluding steroid dienone is 2. The van der Waals surface area contributed by atoms with Gasteiger partial charge in [-0.25, -0.2) is 0 Å². The lowest BCUT2D eigenvalue weighted by atomic mass is 10.0. The Hall–Kier alpha value is -1.40. The van der Waals surface area contributed by atoms with E-state index in [9.17, 15) is 19.8 Å². The molecule has 6 nitrogen and oxygen atoms in total. The van der Waals surface area contributed by atoms with Gasteiger partial charge in [0.1, 0.15) is 0 Å². The first kappa shape index (κ1) is 81.6. The van der Waals surface area contributed by atoms with Crippen LogP contribution in [0.1, 0.15) is 444 Å². The van der Waals surface area contributed by atoms with Crippen molar-refractivity contribution in [3.63, 3.8) is 0 Å². The number of aliphatic hydroxyl groups is 2. The Morgan fingerprint density at radius 2 is 0.566 bits per heavy atom. The molecule has 0 bridgehead atoms. The minimum absolute atomic E-state index is 0.0187. The molecule has 494 valence electrons. The van der Waals surface area contributed by atoms with Gasteiger partial charge in [0.05, 0.1) is 25.4 Å². The lowest BCUT2D eigenvalue weighted by Gasteiger charge is -2.22. The normalized spacial score (nSPS) is 12.5. The number of amides is 1. The maximum atomic E-state index is 12.6. The molecule has 0 saturated carbocycles. The molecule has 0 radical (unpaired) electrons. The maximum absolute atomic E-state index is 12.6. The van der Waals surface area contributed by atoms with Crippen LogP contribution in [-0.4, -0.2) is 47.4 Å². The van der Waals surface area contributed by atoms with Crippen LogP contribution in [0.4, 0.5) is 0 Å². The van der Waals surface area contributed by atoms with Gasteiger partial charge >= 0.3 is 5.97 Å². The van der Waals surface area contributed by atoms with E-state index in [-0.39, 0.29) is 18.5 Å². The van der Waals surface area contributed by atoms with E-state index in [0.717, 1.165) is 38.5 Å². The third-order valence-corrected chi connectivity index (χ3v) is 18.3. The van der Waals surface area contributed by atoms with E-state index < -0.39 is 12.1 Å². The molecule has 1 amide bonds. The van der Waals surface area contributed by atoms with Gasteiger partial charge in [-0.15, -0.1) is 0 Å². The summed E-state index contributed by atoms with van der Waals surface area (Å²) in [6.07, 6.45) is 91.4. The summed E-state index contributed by atoms with van der Waals surface area (Å²) in [6.45, 7) is 5.01. The summed E-state index contributed by atoms with van der Waals surface area (Å²) in [4.78, 5) is 24.6. The van der Waals surface area contributed by atoms with Gasteiger partial charge in [-0.05, 0) is 51.4 Å². The predicted octanol–water partition coefficient (Wildman–Crippen LogP) is 25.1. The van der Waals surface area contributed by atoms with Gasteiger partial charge in [-0.1, -0.05) is 392 Å². The van der Waals surface area contributed by atoms with Crippen molar-refractivity contribution in [3.8, 4) is 0 Å². The number of hydrogen-bond donors (Lipinski definition) is 3. The first-order valence-corrected chi connectivity index (χ1v) is 38.4. The fraction of sp³-hybridized carbons (Fsp3) is 0.948. The van der Waals surface area contributed by atoms with Gasteiger partial charge in [-0.2, -0.15) is 0 Å². The van der Waals surface area contributed by atoms with Crippen LogP contribution < -0.4 is 5.32 Å². The molecule has 3 N–H and O–H groups in total. The first-order chi connectivity index (χ1) is 41.0. The quantitative estimate of drug-likeness (QED) is 0.0320. The molecule has 0 heterocycles. The summed E-state index contributed by atoms with van der Waals surface area (Å²) in [5.74, 6) is -0.0110. The molecule has 0 aliphatic heterocycles. The summed E-state index contributed by atoms with van der Waals surface area (Å²) in [5, 5.41) is 23.5. The predicted molar refractivity (Wildman–Crippen MR) is 366 cm³/mol. The smallest absolute Gasteiger partial charge is 0.305 e. The number of carbonyl (C=O) groups excluding carboxylic acids is 2. The molecular weight excluding hydrogens is 1020 g/mol. The highest BCUT2D eigenvalue weighted by Crippen LogP contribution is 2.20. The molecule has 0 fully saturated rings. The van der Waals surface area contributed by atoms with Crippen molar-refractivity contribution in [2.45, 2.75) is 456 Å². The van der Waals surface area contributed by atoms with E-state index in [4.69, 9.17) is 4.74 Å². The van der Waals surface area contributed by atoms with Crippen molar-refractivity contribution in [1.29, 1.82) is 0 Å². The van der Waals surface area contributed by atoms with Crippen LogP contribution in [0.2, 0.25) is 0 Å². The minimum Gasteiger partial charge on any atom is -0.466 e. The van der Waals surface area contributed by atoms with Crippen molar-refractivity contribution < 1.29 is 24.5 Å². The zero-order chi connectivity index (χ0) is 59.9. The third kappa shape index (κ3) is 69.6. The average Bonchev–Trinajstić information content (AvgIpc) is 3.48. The standard InChI is InChI=1S/C77H151NO5/c1-3-5-7-9-11-13-15-17-19-20-21-22-23-27-30-33-36-39-42-45-49-53-57-61-65-69-75(80)74(73-79)78-76(81)70-66-62-58-54-50-46-43-40-37-34-31-28-25-24-26-29-32-35-38-41-44-48-52-56-60-64-68-72-83-77(82)71-67-63-59-55-51-47-18-16-14-12-10-8-6-4-2/h24-25,74-75,79-80H,3-23,26-73H2,1-2H3,(H,78,81)/b25-24-. The number of rotatable bonds is 73. The van der Waals surface area contributed by atoms with Gasteiger partial charge in [0.2, 0.25) is 5.91 Å². The summed E-state index contributed by atoms with van der Waals surface area (Å²) in [5.41, 5.74) is 0. The number of hydrogen-bond acceptors (Lipinski definition) is 5. The van der Waals surface area contributed by atoms with Gasteiger partial charge in [-0.3, -0.25) is 9.59 Å². The number of unbranched alkanes of at least 4 members (excludes halogenated alkanes) is 60. The Morgan fingerprint density at radius 1 is 0.325 bits per heavy atom. The molecule has 83 heavy (non-hydrogen) atoms. The Morgan fingerprint density at radius 3 is 0.855 bits per heavy atom. The maximum Gasteiger partial charge on any atom is 0.305 e. The van der Waals surface area contributed by atoms with Crippen molar-refractivity contribution in [3.05, 3.63) is 12.2 Å². The van der Waals surface area contributed by atoms with Crippen LogP contribution in [-0.2, 0) is 14.3 Å². The Labute approximate surface area is 520 Å². The molecule has 0 aliphatic rings. The lowest BCUT2D eigenvalue weighted by molar-refractivity contribution is -0.143. The highest BCUT2D eigenvalue weighted by Gasteiger charge is 2.20. The Balaban J connectivity index is 3.37. The zero-order valence-electron chi connectivity index (χ0n) is 56.7. The van der Waals surface area contributed by atoms with Crippen LogP contribution >= 0.6 is 0 Å². The number of aliphatic hydroxyl groups excluding tert-OH is 2. The molecule has 0 aromatic heterocycles. The van der Waals surface area contributed by atoms with E-state index in [1.54, 1.807) is 0 Å². The fourth-order valence-electron chi connectivity index (χ4n) is 12.5. The third-order valence-electron chi connectivity index (χ3n) is 18.3. The lowest BCUT2D eigenvalue weighted by Crippen LogP contribution is -2.45. The molecule has 0 saturated heterocycles. The number of carbonyl (C=O) groups is 2. The molecule has 0 aromatic carbocycles. The van der Waals surface area contributed by atoms with Crippen LogP contribution in [0.3, 0.4) is 0 Å². The monoisotopic (exact) mass is 1170 g/mol. The molecular formula is C77H151NO5. The topological polar surface area (TPSA) is 95.9 Å². The Bertz CT molecular complexity index is 1260. The minimum atomic E-state index is -0.666. The van der Waals surface area contributed by atoms with Crippen molar-refractivity contribution >= 4 is 11.9 Å². The Kier molecular flexibility index (Phi) is 71.8. The van der Waals surface area contributed by atoms with Crippen molar-refractivity contribution in [1.82, 2.24) is 5.32 Å². The SMILES string of the molecule is CCCCCCCCCCCCCCCCCCCCCCCCCCCC(O)C(CO)NC(=O)CCCCCCCCCCCCC/C=C\CCCCCCCCCCCCCCOC(=O)CCCCCCCCCCCCCCCC. The largest absolute Gasteiger partial charge is 0.466 e. The molecule has 0 aliphatic carbocycles. The van der Waals surface area contributed by atoms with Gasteiger partial charge in [0, 0.05) is 12.8 Å². The second-order valence-corrected chi connectivity index (χ2v) is 26.7. The van der Waals surface area contributed by atoms with E-state index in [2.05, 4.69) is 31.3 Å². The van der Waals surface area contributed by atoms with Crippen molar-refractivity contribution in [2.75, 3.05) is 13.2 Å². The van der Waals surface area contributed by atoms with E-state index in [1.807, 2.05) is 0 Å². The molecule has 6 heteroatoms. The number of esters is 1. The average molecular weight is 1170 g/mol. The van der Waals surface area contributed by atoms with Crippen LogP contribution in [0.15, 0.2) is 12.2 Å². The van der Waals surface area contributed by atoms with Gasteiger partial charge < -0.3 is 20.3 Å². The molecule has 0 spiro atoms. The molecule has 2 atom stereocenters. The molecule has 0 aromatic rings. The number of nitrogens with one attached hydrogen (secondary N) is 1. The second-order valence-electron chi connectivity index (χ2n) is 26.7. The van der Waals surface area contributed by atoms with E-state index in [1.165, 1.54) is 372 Å². The van der Waals surface area contributed by atoms with Crippen LogP contribution in [0.25, 0.3) is 0 Å². The van der Waals surface area contributed by atoms with Crippen LogP contribution in [0, 0.1) is 0 Å². The second kappa shape index (κ2) is 73.1. The fourth-order valence-corrected chi connectivity index (χ4v) is 12.5. The van der Waals surface area contributed by atoms with Gasteiger partial charge in [0.15, 0.2) is 0 Å². The molecule has 0 rings (SSSR count). The van der Waals surface area contributed by atoms with Gasteiger partial charge in [0.25, 0.3) is 0 Å². The highest BCUT2D eigenvalue weighted by molar-refractivity contribution is 5.76. The zero-order valence-corrected chi connectivity index (χ0v) is 56.7. The summed E-state index contributed by atoms with van der Waals surface area (Å²) in [6, 6.07) is -0.543. The number of ether oxygens (including phenoxy) is 1. The van der Waals surface area contributed by atoms with Crippen LogP contribution in [0.5, 0.6) is 0 Å². The molecule has 2 unspecified atom stereocenters. The van der Waals surface area contributed by atoms with E-state index in [0.29, 0.717) is 25.9 Å². The van der Waals surface area contributed by atoms with E-state index >= 15 is 0 Å². The summed E-state index contributed by atoms with van der Waals surface area (Å²) >= 11 is 0. The van der Waals surface area contributed by atoms with Crippen molar-refractivity contribution in [2.24, 2.45) is 0 Å². The summed E-state index contributed by atoms with van der Waals surface area (Å²) in [7, 11) is 0.